The maximum atomic E-state index is 12.2. The molecule has 2 aromatic rings. The molecule has 1 aliphatic rings. The van der Waals surface area contributed by atoms with Gasteiger partial charge in [-0.2, -0.15) is 0 Å². The Balaban J connectivity index is 1.76. The monoisotopic (exact) mass is 282 g/mol. The highest BCUT2D eigenvalue weighted by Crippen LogP contribution is 2.19. The zero-order chi connectivity index (χ0) is 14.8. The number of amides is 1. The summed E-state index contributed by atoms with van der Waals surface area (Å²) in [5.41, 5.74) is 4.26. The van der Waals surface area contributed by atoms with E-state index >= 15 is 0 Å². The van der Waals surface area contributed by atoms with E-state index in [1.807, 2.05) is 24.3 Å². The molecule has 1 heterocycles. The Hall–Kier alpha value is -2.03. The molecule has 1 N–H and O–H groups in total. The molecule has 1 aromatic carbocycles. The van der Waals surface area contributed by atoms with Gasteiger partial charge in [0.05, 0.1) is 0 Å². The van der Waals surface area contributed by atoms with Crippen molar-refractivity contribution in [2.24, 2.45) is 0 Å². The van der Waals surface area contributed by atoms with Gasteiger partial charge in [-0.05, 0) is 63.1 Å². The predicted molar refractivity (Wildman–Crippen MR) is 85.0 cm³/mol. The lowest BCUT2D eigenvalue weighted by molar-refractivity contribution is 0.0938. The van der Waals surface area contributed by atoms with Gasteiger partial charge in [-0.25, -0.2) is 0 Å². The maximum Gasteiger partial charge on any atom is 0.251 e. The molecule has 0 atom stereocenters. The molecule has 0 aliphatic heterocycles. The molecule has 3 heteroatoms. The molecular weight excluding hydrogens is 260 g/mol. The van der Waals surface area contributed by atoms with Crippen molar-refractivity contribution in [3.63, 3.8) is 0 Å². The molecule has 1 fully saturated rings. The van der Waals surface area contributed by atoms with E-state index in [1.54, 1.807) is 0 Å². The highest BCUT2D eigenvalue weighted by molar-refractivity contribution is 5.94. The fourth-order valence-electron chi connectivity index (χ4n) is 3.18. The molecule has 0 radical (unpaired) electrons. The van der Waals surface area contributed by atoms with Gasteiger partial charge in [-0.15, -0.1) is 0 Å². The molecular formula is C18H22N2O. The zero-order valence-corrected chi connectivity index (χ0v) is 12.7. The van der Waals surface area contributed by atoms with Gasteiger partial charge in [0, 0.05) is 28.7 Å². The second-order valence-corrected chi connectivity index (χ2v) is 5.95. The summed E-state index contributed by atoms with van der Waals surface area (Å²) in [4.78, 5) is 12.2. The second kappa shape index (κ2) is 5.76. The number of hydrogen-bond donors (Lipinski definition) is 1. The zero-order valence-electron chi connectivity index (χ0n) is 12.7. The predicted octanol–water partition coefficient (Wildman–Crippen LogP) is 3.77. The smallest absolute Gasteiger partial charge is 0.251 e. The van der Waals surface area contributed by atoms with E-state index in [1.165, 1.54) is 24.2 Å². The van der Waals surface area contributed by atoms with Crippen molar-refractivity contribution < 1.29 is 4.79 Å². The minimum atomic E-state index is 0.0504. The molecule has 0 saturated heterocycles. The van der Waals surface area contributed by atoms with E-state index in [4.69, 9.17) is 0 Å². The number of rotatable bonds is 3. The van der Waals surface area contributed by atoms with Crippen LogP contribution in [0.4, 0.5) is 0 Å². The Morgan fingerprint density at radius 3 is 2.14 bits per heavy atom. The summed E-state index contributed by atoms with van der Waals surface area (Å²) in [6.45, 7) is 4.18. The fraction of sp³-hybridized carbons (Fsp3) is 0.389. The van der Waals surface area contributed by atoms with Crippen molar-refractivity contribution in [1.29, 1.82) is 0 Å². The Labute approximate surface area is 126 Å². The van der Waals surface area contributed by atoms with Crippen LogP contribution in [0.2, 0.25) is 0 Å². The van der Waals surface area contributed by atoms with Gasteiger partial charge >= 0.3 is 0 Å². The van der Waals surface area contributed by atoms with Crippen molar-refractivity contribution in [3.05, 3.63) is 53.3 Å². The summed E-state index contributed by atoms with van der Waals surface area (Å²) >= 11 is 0. The lowest BCUT2D eigenvalue weighted by Gasteiger charge is -2.13. The first-order valence-corrected chi connectivity index (χ1v) is 7.71. The number of aromatic nitrogens is 1. The molecule has 1 saturated carbocycles. The van der Waals surface area contributed by atoms with E-state index in [0.717, 1.165) is 24.1 Å². The highest BCUT2D eigenvalue weighted by Gasteiger charge is 2.17. The topological polar surface area (TPSA) is 34.0 Å². The van der Waals surface area contributed by atoms with E-state index < -0.39 is 0 Å². The van der Waals surface area contributed by atoms with Gasteiger partial charge in [0.25, 0.3) is 5.91 Å². The van der Waals surface area contributed by atoms with Crippen molar-refractivity contribution in [3.8, 4) is 5.69 Å². The van der Waals surface area contributed by atoms with Crippen LogP contribution in [0.5, 0.6) is 0 Å². The number of nitrogens with zero attached hydrogens (tertiary/aromatic N) is 1. The number of carbonyl (C=O) groups excluding carboxylic acids is 1. The molecule has 0 bridgehead atoms. The van der Waals surface area contributed by atoms with Crippen molar-refractivity contribution in [1.82, 2.24) is 9.88 Å². The van der Waals surface area contributed by atoms with E-state index in [0.29, 0.717) is 6.04 Å². The van der Waals surface area contributed by atoms with Crippen LogP contribution < -0.4 is 5.32 Å². The Kier molecular flexibility index (Phi) is 3.82. The minimum Gasteiger partial charge on any atom is -0.349 e. The molecule has 1 aliphatic carbocycles. The van der Waals surface area contributed by atoms with Crippen LogP contribution in [-0.2, 0) is 0 Å². The first kappa shape index (κ1) is 13.9. The fourth-order valence-corrected chi connectivity index (χ4v) is 3.18. The molecule has 0 spiro atoms. The molecule has 3 nitrogen and oxygen atoms in total. The number of nitrogens with one attached hydrogen (secondary N) is 1. The summed E-state index contributed by atoms with van der Waals surface area (Å²) in [7, 11) is 0. The summed E-state index contributed by atoms with van der Waals surface area (Å²) < 4.78 is 2.19. The third kappa shape index (κ3) is 2.87. The molecule has 21 heavy (non-hydrogen) atoms. The van der Waals surface area contributed by atoms with Gasteiger partial charge in [0.2, 0.25) is 0 Å². The van der Waals surface area contributed by atoms with Gasteiger partial charge in [-0.1, -0.05) is 12.8 Å². The van der Waals surface area contributed by atoms with Gasteiger partial charge in [0.1, 0.15) is 0 Å². The number of aryl methyl sites for hydroxylation is 2. The van der Waals surface area contributed by atoms with Crippen LogP contribution in [0, 0.1) is 13.8 Å². The third-order valence-corrected chi connectivity index (χ3v) is 4.35. The molecule has 0 unspecified atom stereocenters. The minimum absolute atomic E-state index is 0.0504. The van der Waals surface area contributed by atoms with Crippen LogP contribution in [-0.4, -0.2) is 16.5 Å². The van der Waals surface area contributed by atoms with Crippen LogP contribution in [0.3, 0.4) is 0 Å². The van der Waals surface area contributed by atoms with Crippen LogP contribution in [0.15, 0.2) is 36.4 Å². The largest absolute Gasteiger partial charge is 0.349 e. The van der Waals surface area contributed by atoms with Gasteiger partial charge in [-0.3, -0.25) is 4.79 Å². The van der Waals surface area contributed by atoms with Crippen molar-refractivity contribution in [2.75, 3.05) is 0 Å². The van der Waals surface area contributed by atoms with E-state index in [2.05, 4.69) is 35.9 Å². The lowest BCUT2D eigenvalue weighted by atomic mass is 10.1. The number of hydrogen-bond acceptors (Lipinski definition) is 1. The quantitative estimate of drug-likeness (QED) is 0.913. The van der Waals surface area contributed by atoms with E-state index in [-0.39, 0.29) is 5.91 Å². The Morgan fingerprint density at radius 2 is 1.57 bits per heavy atom. The van der Waals surface area contributed by atoms with Crippen LogP contribution >= 0.6 is 0 Å². The van der Waals surface area contributed by atoms with E-state index in [9.17, 15) is 4.79 Å². The second-order valence-electron chi connectivity index (χ2n) is 5.95. The third-order valence-electron chi connectivity index (χ3n) is 4.35. The maximum absolute atomic E-state index is 12.2. The highest BCUT2D eigenvalue weighted by atomic mass is 16.1. The molecule has 1 aromatic heterocycles. The van der Waals surface area contributed by atoms with Crippen molar-refractivity contribution in [2.45, 2.75) is 45.6 Å². The Bertz CT molecular complexity index is 614. The SMILES string of the molecule is Cc1ccc(C)n1-c1ccc(C(=O)NC2CCCC2)cc1. The number of benzene rings is 1. The summed E-state index contributed by atoms with van der Waals surface area (Å²) in [6.07, 6.45) is 4.70. The molecule has 3 rings (SSSR count). The first-order chi connectivity index (χ1) is 10.1. The number of carbonyl (C=O) groups is 1. The summed E-state index contributed by atoms with van der Waals surface area (Å²) in [5, 5.41) is 3.13. The average Bonchev–Trinajstić information content (AvgIpc) is 3.09. The van der Waals surface area contributed by atoms with Crippen LogP contribution in [0.1, 0.15) is 47.4 Å². The lowest BCUT2D eigenvalue weighted by Crippen LogP contribution is -2.32. The normalized spacial score (nSPS) is 15.3. The first-order valence-electron chi connectivity index (χ1n) is 7.71. The van der Waals surface area contributed by atoms with Crippen LogP contribution in [0.25, 0.3) is 5.69 Å². The molecule has 110 valence electrons. The van der Waals surface area contributed by atoms with Gasteiger partial charge in [0.15, 0.2) is 0 Å². The van der Waals surface area contributed by atoms with Crippen molar-refractivity contribution >= 4 is 5.91 Å². The Morgan fingerprint density at radius 1 is 1.00 bits per heavy atom. The molecule has 1 amide bonds. The average molecular weight is 282 g/mol. The standard InChI is InChI=1S/C18H22N2O/c1-13-7-8-14(2)20(13)17-11-9-15(10-12-17)18(21)19-16-5-3-4-6-16/h7-12,16H,3-6H2,1-2H3,(H,19,21). The van der Waals surface area contributed by atoms with Gasteiger partial charge < -0.3 is 9.88 Å². The summed E-state index contributed by atoms with van der Waals surface area (Å²) in [6, 6.07) is 12.4. The summed E-state index contributed by atoms with van der Waals surface area (Å²) in [5.74, 6) is 0.0504.